The van der Waals surface area contributed by atoms with E-state index in [-0.39, 0.29) is 11.6 Å². The highest BCUT2D eigenvalue weighted by Crippen LogP contribution is 2.31. The van der Waals surface area contributed by atoms with Crippen LogP contribution in [0.15, 0.2) is 35.4 Å². The minimum atomic E-state index is 0.0891. The predicted octanol–water partition coefficient (Wildman–Crippen LogP) is 3.36. The fourth-order valence-electron chi connectivity index (χ4n) is 4.82. The first-order valence-corrected chi connectivity index (χ1v) is 11.7. The molecular weight excluding hydrogens is 402 g/mol. The van der Waals surface area contributed by atoms with Crippen LogP contribution in [0, 0.1) is 0 Å². The Kier molecular flexibility index (Phi) is 5.78. The normalized spacial score (nSPS) is 17.9. The molecule has 1 aliphatic carbocycles. The molecule has 1 saturated carbocycles. The van der Waals surface area contributed by atoms with Gasteiger partial charge in [-0.15, -0.1) is 0 Å². The lowest BCUT2D eigenvalue weighted by atomic mass is 10.1. The number of aryl methyl sites for hydroxylation is 1. The quantitative estimate of drug-likeness (QED) is 0.661. The van der Waals surface area contributed by atoms with Crippen LogP contribution in [0.4, 0.5) is 17.5 Å². The van der Waals surface area contributed by atoms with Crippen molar-refractivity contribution in [2.45, 2.75) is 45.1 Å². The van der Waals surface area contributed by atoms with E-state index in [4.69, 9.17) is 4.98 Å². The molecule has 4 heterocycles. The average molecular weight is 434 g/mol. The van der Waals surface area contributed by atoms with Crippen molar-refractivity contribution < 1.29 is 0 Å². The molecule has 0 spiro atoms. The van der Waals surface area contributed by atoms with E-state index in [1.54, 1.807) is 0 Å². The molecule has 1 saturated heterocycles. The standard InChI is InChI=1S/C24H31N7O/c1-3-17-14-18-15-26-24(28-22(18)31(23(17)32)19-6-4-5-7-19)27-21-9-8-20(16-25-21)30-12-10-29(2)11-13-30/h8-9,14-16,19H,3-7,10-13H2,1-2H3,(H,25,26,27,28). The van der Waals surface area contributed by atoms with Crippen LogP contribution in [-0.2, 0) is 6.42 Å². The lowest BCUT2D eigenvalue weighted by Crippen LogP contribution is -2.44. The number of rotatable bonds is 5. The molecule has 0 unspecified atom stereocenters. The van der Waals surface area contributed by atoms with Gasteiger partial charge in [0, 0.05) is 49.4 Å². The molecule has 2 aliphatic rings. The Hall–Kier alpha value is -3.00. The maximum atomic E-state index is 13.1. The molecule has 0 atom stereocenters. The lowest BCUT2D eigenvalue weighted by molar-refractivity contribution is 0.313. The smallest absolute Gasteiger partial charge is 0.255 e. The predicted molar refractivity (Wildman–Crippen MR) is 128 cm³/mol. The van der Waals surface area contributed by atoms with Gasteiger partial charge in [-0.1, -0.05) is 19.8 Å². The zero-order valence-corrected chi connectivity index (χ0v) is 18.9. The van der Waals surface area contributed by atoms with Gasteiger partial charge in [0.15, 0.2) is 0 Å². The number of piperazine rings is 1. The van der Waals surface area contributed by atoms with Crippen LogP contribution in [0.1, 0.15) is 44.2 Å². The van der Waals surface area contributed by atoms with E-state index >= 15 is 0 Å². The topological polar surface area (TPSA) is 79.2 Å². The summed E-state index contributed by atoms with van der Waals surface area (Å²) in [5, 5.41) is 4.14. The monoisotopic (exact) mass is 433 g/mol. The van der Waals surface area contributed by atoms with Gasteiger partial charge in [0.2, 0.25) is 5.95 Å². The number of likely N-dealkylation sites (N-methyl/N-ethyl adjacent to an activating group) is 1. The van der Waals surface area contributed by atoms with Gasteiger partial charge in [-0.3, -0.25) is 9.36 Å². The zero-order valence-electron chi connectivity index (χ0n) is 18.9. The summed E-state index contributed by atoms with van der Waals surface area (Å²) < 4.78 is 1.91. The summed E-state index contributed by atoms with van der Waals surface area (Å²) in [5.74, 6) is 1.16. The van der Waals surface area contributed by atoms with Crippen molar-refractivity contribution in [2.75, 3.05) is 43.4 Å². The molecule has 8 nitrogen and oxygen atoms in total. The van der Waals surface area contributed by atoms with Gasteiger partial charge in [0.1, 0.15) is 11.5 Å². The SMILES string of the molecule is CCc1cc2cnc(Nc3ccc(N4CCN(C)CC4)cn3)nc2n(C2CCCC2)c1=O. The van der Waals surface area contributed by atoms with Crippen LogP contribution in [-0.4, -0.2) is 57.6 Å². The number of hydrogen-bond acceptors (Lipinski definition) is 7. The number of nitrogens with zero attached hydrogens (tertiary/aromatic N) is 6. The fourth-order valence-corrected chi connectivity index (χ4v) is 4.82. The Morgan fingerprint density at radius 1 is 1.06 bits per heavy atom. The van der Waals surface area contributed by atoms with E-state index in [2.05, 4.69) is 38.2 Å². The summed E-state index contributed by atoms with van der Waals surface area (Å²) in [6.07, 6.45) is 8.81. The van der Waals surface area contributed by atoms with Crippen molar-refractivity contribution in [3.8, 4) is 0 Å². The van der Waals surface area contributed by atoms with Crippen molar-refractivity contribution in [3.63, 3.8) is 0 Å². The average Bonchev–Trinajstić information content (AvgIpc) is 3.34. The molecule has 1 N–H and O–H groups in total. The lowest BCUT2D eigenvalue weighted by Gasteiger charge is -2.33. The minimum absolute atomic E-state index is 0.0891. The minimum Gasteiger partial charge on any atom is -0.368 e. The maximum Gasteiger partial charge on any atom is 0.255 e. The van der Waals surface area contributed by atoms with Crippen LogP contribution in [0.3, 0.4) is 0 Å². The second kappa shape index (κ2) is 8.86. The molecule has 1 aliphatic heterocycles. The van der Waals surface area contributed by atoms with E-state index in [1.165, 1.54) is 0 Å². The van der Waals surface area contributed by atoms with Crippen LogP contribution < -0.4 is 15.8 Å². The molecular formula is C24H31N7O. The van der Waals surface area contributed by atoms with Gasteiger partial charge < -0.3 is 15.1 Å². The molecule has 2 fully saturated rings. The van der Waals surface area contributed by atoms with Crippen LogP contribution >= 0.6 is 0 Å². The van der Waals surface area contributed by atoms with Crippen molar-refractivity contribution in [2.24, 2.45) is 0 Å². The molecule has 0 aromatic carbocycles. The second-order valence-electron chi connectivity index (χ2n) is 8.93. The molecule has 32 heavy (non-hydrogen) atoms. The summed E-state index contributed by atoms with van der Waals surface area (Å²) >= 11 is 0. The Labute approximate surface area is 188 Å². The highest BCUT2D eigenvalue weighted by Gasteiger charge is 2.22. The number of hydrogen-bond donors (Lipinski definition) is 1. The van der Waals surface area contributed by atoms with E-state index in [0.29, 0.717) is 23.8 Å². The van der Waals surface area contributed by atoms with Gasteiger partial charge in [-0.05, 0) is 44.5 Å². The summed E-state index contributed by atoms with van der Waals surface area (Å²) in [6, 6.07) is 6.21. The zero-order chi connectivity index (χ0) is 22.1. The van der Waals surface area contributed by atoms with E-state index in [9.17, 15) is 4.79 Å². The third kappa shape index (κ3) is 4.07. The fraction of sp³-hybridized carbons (Fsp3) is 0.500. The third-order valence-corrected chi connectivity index (χ3v) is 6.77. The van der Waals surface area contributed by atoms with Gasteiger partial charge in [0.25, 0.3) is 5.56 Å². The van der Waals surface area contributed by atoms with Crippen molar-refractivity contribution >= 4 is 28.5 Å². The molecule has 3 aromatic heterocycles. The highest BCUT2D eigenvalue weighted by atomic mass is 16.1. The summed E-state index contributed by atoms with van der Waals surface area (Å²) in [5.41, 5.74) is 2.76. The first kappa shape index (κ1) is 20.9. The van der Waals surface area contributed by atoms with Gasteiger partial charge in [0.05, 0.1) is 11.9 Å². The Morgan fingerprint density at radius 2 is 1.84 bits per heavy atom. The van der Waals surface area contributed by atoms with Crippen molar-refractivity contribution in [1.82, 2.24) is 24.4 Å². The van der Waals surface area contributed by atoms with Gasteiger partial charge in [-0.25, -0.2) is 9.97 Å². The number of pyridine rings is 2. The van der Waals surface area contributed by atoms with E-state index in [0.717, 1.165) is 68.5 Å². The van der Waals surface area contributed by atoms with Gasteiger partial charge in [-0.2, -0.15) is 4.98 Å². The molecule has 8 heteroatoms. The van der Waals surface area contributed by atoms with Crippen LogP contribution in [0.5, 0.6) is 0 Å². The first-order chi connectivity index (χ1) is 15.6. The molecule has 5 rings (SSSR count). The summed E-state index contributed by atoms with van der Waals surface area (Å²) in [4.78, 5) is 31.7. The van der Waals surface area contributed by atoms with E-state index in [1.807, 2.05) is 36.0 Å². The van der Waals surface area contributed by atoms with Crippen LogP contribution in [0.2, 0.25) is 0 Å². The largest absolute Gasteiger partial charge is 0.368 e. The molecule has 3 aromatic rings. The highest BCUT2D eigenvalue weighted by molar-refractivity contribution is 5.76. The summed E-state index contributed by atoms with van der Waals surface area (Å²) in [6.45, 7) is 6.17. The Morgan fingerprint density at radius 3 is 2.53 bits per heavy atom. The molecule has 0 amide bonds. The Bertz CT molecular complexity index is 1140. The molecule has 168 valence electrons. The summed E-state index contributed by atoms with van der Waals surface area (Å²) in [7, 11) is 2.15. The van der Waals surface area contributed by atoms with Crippen molar-refractivity contribution in [3.05, 3.63) is 46.5 Å². The van der Waals surface area contributed by atoms with Gasteiger partial charge >= 0.3 is 0 Å². The van der Waals surface area contributed by atoms with E-state index < -0.39 is 0 Å². The number of nitrogens with one attached hydrogen (secondary N) is 1. The molecule has 0 bridgehead atoms. The number of aromatic nitrogens is 4. The van der Waals surface area contributed by atoms with Crippen LogP contribution in [0.25, 0.3) is 11.0 Å². The first-order valence-electron chi connectivity index (χ1n) is 11.7. The number of anilines is 3. The third-order valence-electron chi connectivity index (χ3n) is 6.77. The van der Waals surface area contributed by atoms with Crippen molar-refractivity contribution in [1.29, 1.82) is 0 Å². The Balaban J connectivity index is 1.42. The maximum absolute atomic E-state index is 13.1. The number of fused-ring (bicyclic) bond motifs is 1. The molecule has 0 radical (unpaired) electrons. The second-order valence-corrected chi connectivity index (χ2v) is 8.93.